The molecule has 1 unspecified atom stereocenters. The summed E-state index contributed by atoms with van der Waals surface area (Å²) in [7, 11) is 0. The van der Waals surface area contributed by atoms with Gasteiger partial charge in [-0.2, -0.15) is 0 Å². The zero-order valence-electron chi connectivity index (χ0n) is 10.5. The van der Waals surface area contributed by atoms with Crippen LogP contribution in [0.5, 0.6) is 0 Å². The molecule has 0 bridgehead atoms. The lowest BCUT2D eigenvalue weighted by molar-refractivity contribution is 0.566. The van der Waals surface area contributed by atoms with Crippen molar-refractivity contribution in [2.45, 2.75) is 25.3 Å². The van der Waals surface area contributed by atoms with Crippen molar-refractivity contribution in [2.75, 3.05) is 0 Å². The van der Waals surface area contributed by atoms with Gasteiger partial charge in [0.2, 0.25) is 0 Å². The molecule has 2 nitrogen and oxygen atoms in total. The predicted octanol–water partition coefficient (Wildman–Crippen LogP) is 3.38. The van der Waals surface area contributed by atoms with Gasteiger partial charge < -0.3 is 5.73 Å². The highest BCUT2D eigenvalue weighted by Gasteiger charge is 2.09. The number of hydrogen-bond donors (Lipinski definition) is 1. The summed E-state index contributed by atoms with van der Waals surface area (Å²) < 4.78 is 13.6. The summed E-state index contributed by atoms with van der Waals surface area (Å²) in [4.78, 5) is 4.05. The summed E-state index contributed by atoms with van der Waals surface area (Å²) in [5.41, 5.74) is 7.80. The molecule has 0 amide bonds. The Morgan fingerprint density at radius 2 is 2.16 bits per heavy atom. The average Bonchev–Trinajstić information content (AvgIpc) is 2.41. The second kappa shape index (κ2) is 6.64. The molecule has 0 fully saturated rings. The first-order valence-corrected chi connectivity index (χ1v) is 6.61. The van der Waals surface area contributed by atoms with E-state index >= 15 is 0 Å². The Balaban J connectivity index is 1.89. The number of pyridine rings is 1. The number of rotatable bonds is 5. The van der Waals surface area contributed by atoms with Gasteiger partial charge in [0.25, 0.3) is 0 Å². The van der Waals surface area contributed by atoms with Gasteiger partial charge in [-0.25, -0.2) is 4.39 Å². The van der Waals surface area contributed by atoms with Gasteiger partial charge in [0.1, 0.15) is 5.82 Å². The number of aryl methyl sites for hydroxylation is 1. The molecule has 0 saturated heterocycles. The van der Waals surface area contributed by atoms with Crippen molar-refractivity contribution in [1.82, 2.24) is 4.98 Å². The molecule has 1 atom stereocenters. The molecule has 1 heterocycles. The van der Waals surface area contributed by atoms with Crippen LogP contribution in [0.25, 0.3) is 0 Å². The van der Waals surface area contributed by atoms with Crippen LogP contribution in [0.1, 0.15) is 17.5 Å². The van der Waals surface area contributed by atoms with Crippen LogP contribution in [-0.2, 0) is 12.8 Å². The Hall–Kier alpha value is -1.45. The highest BCUT2D eigenvalue weighted by Crippen LogP contribution is 2.16. The molecular weight excluding hydrogens is 263 g/mol. The first-order chi connectivity index (χ1) is 9.15. The summed E-state index contributed by atoms with van der Waals surface area (Å²) in [6, 6.07) is 8.55. The summed E-state index contributed by atoms with van der Waals surface area (Å²) in [6.07, 6.45) is 5.74. The first kappa shape index (κ1) is 14.0. The first-order valence-electron chi connectivity index (χ1n) is 6.23. The zero-order chi connectivity index (χ0) is 13.7. The lowest BCUT2D eigenvalue weighted by atomic mass is 10.0. The van der Waals surface area contributed by atoms with Gasteiger partial charge in [-0.15, -0.1) is 0 Å². The second-order valence-electron chi connectivity index (χ2n) is 4.60. The van der Waals surface area contributed by atoms with Crippen LogP contribution in [-0.4, -0.2) is 11.0 Å². The molecule has 0 aliphatic rings. The lowest BCUT2D eigenvalue weighted by Gasteiger charge is -2.12. The van der Waals surface area contributed by atoms with E-state index in [1.165, 1.54) is 6.07 Å². The van der Waals surface area contributed by atoms with Crippen molar-refractivity contribution in [3.05, 3.63) is 64.7 Å². The molecular formula is C15H16ClFN2. The van der Waals surface area contributed by atoms with Crippen molar-refractivity contribution in [3.63, 3.8) is 0 Å². The van der Waals surface area contributed by atoms with Crippen molar-refractivity contribution >= 4 is 11.6 Å². The molecule has 19 heavy (non-hydrogen) atoms. The molecule has 0 radical (unpaired) electrons. The van der Waals surface area contributed by atoms with Crippen LogP contribution >= 0.6 is 11.6 Å². The SMILES string of the molecule is NC(CCc1cccnc1)Cc1ccc(Cl)cc1F. The quantitative estimate of drug-likeness (QED) is 0.911. The second-order valence-corrected chi connectivity index (χ2v) is 5.04. The number of hydrogen-bond acceptors (Lipinski definition) is 2. The fourth-order valence-corrected chi connectivity index (χ4v) is 2.13. The Morgan fingerprint density at radius 1 is 1.32 bits per heavy atom. The predicted molar refractivity (Wildman–Crippen MR) is 75.6 cm³/mol. The number of aromatic nitrogens is 1. The average molecular weight is 279 g/mol. The topological polar surface area (TPSA) is 38.9 Å². The molecule has 2 N–H and O–H groups in total. The van der Waals surface area contributed by atoms with Gasteiger partial charge in [-0.3, -0.25) is 4.98 Å². The summed E-state index contributed by atoms with van der Waals surface area (Å²) >= 11 is 5.72. The summed E-state index contributed by atoms with van der Waals surface area (Å²) in [5.74, 6) is -0.288. The molecule has 100 valence electrons. The number of nitrogens with two attached hydrogens (primary N) is 1. The summed E-state index contributed by atoms with van der Waals surface area (Å²) in [5, 5.41) is 0.408. The highest BCUT2D eigenvalue weighted by atomic mass is 35.5. The smallest absolute Gasteiger partial charge is 0.127 e. The summed E-state index contributed by atoms with van der Waals surface area (Å²) in [6.45, 7) is 0. The molecule has 0 aliphatic heterocycles. The maximum absolute atomic E-state index is 13.6. The van der Waals surface area contributed by atoms with Crippen LogP contribution in [0, 0.1) is 5.82 Å². The van der Waals surface area contributed by atoms with Gasteiger partial charge >= 0.3 is 0 Å². The fourth-order valence-electron chi connectivity index (χ4n) is 1.97. The van der Waals surface area contributed by atoms with Gasteiger partial charge in [0.15, 0.2) is 0 Å². The van der Waals surface area contributed by atoms with E-state index in [0.29, 0.717) is 17.0 Å². The lowest BCUT2D eigenvalue weighted by Crippen LogP contribution is -2.24. The van der Waals surface area contributed by atoms with E-state index in [0.717, 1.165) is 18.4 Å². The maximum Gasteiger partial charge on any atom is 0.127 e. The Morgan fingerprint density at radius 3 is 2.84 bits per heavy atom. The third kappa shape index (κ3) is 4.30. The number of nitrogens with zero attached hydrogens (tertiary/aromatic N) is 1. The third-order valence-corrected chi connectivity index (χ3v) is 3.26. The molecule has 4 heteroatoms. The van der Waals surface area contributed by atoms with Crippen molar-refractivity contribution in [2.24, 2.45) is 5.73 Å². The molecule has 2 aromatic rings. The Kier molecular flexibility index (Phi) is 4.88. The molecule has 1 aromatic heterocycles. The molecule has 0 spiro atoms. The van der Waals surface area contributed by atoms with E-state index in [4.69, 9.17) is 17.3 Å². The zero-order valence-corrected chi connectivity index (χ0v) is 11.3. The Bertz CT molecular complexity index is 531. The van der Waals surface area contributed by atoms with Crippen LogP contribution in [0.2, 0.25) is 5.02 Å². The van der Waals surface area contributed by atoms with Gasteiger partial charge in [-0.05, 0) is 48.6 Å². The minimum Gasteiger partial charge on any atom is -0.327 e. The normalized spacial score (nSPS) is 12.4. The number of halogens is 2. The van der Waals surface area contributed by atoms with E-state index in [2.05, 4.69) is 4.98 Å². The fraction of sp³-hybridized carbons (Fsp3) is 0.267. The van der Waals surface area contributed by atoms with Crippen LogP contribution in [0.15, 0.2) is 42.7 Å². The van der Waals surface area contributed by atoms with Gasteiger partial charge in [-0.1, -0.05) is 23.7 Å². The monoisotopic (exact) mass is 278 g/mol. The highest BCUT2D eigenvalue weighted by molar-refractivity contribution is 6.30. The van der Waals surface area contributed by atoms with Crippen molar-refractivity contribution in [1.29, 1.82) is 0 Å². The van der Waals surface area contributed by atoms with Gasteiger partial charge in [0.05, 0.1) is 0 Å². The van der Waals surface area contributed by atoms with Gasteiger partial charge in [0, 0.05) is 23.5 Å². The minimum absolute atomic E-state index is 0.0733. The largest absolute Gasteiger partial charge is 0.327 e. The maximum atomic E-state index is 13.6. The third-order valence-electron chi connectivity index (χ3n) is 3.02. The Labute approximate surface area is 117 Å². The van der Waals surface area contributed by atoms with E-state index in [1.54, 1.807) is 18.3 Å². The van der Waals surface area contributed by atoms with Crippen LogP contribution < -0.4 is 5.73 Å². The molecule has 0 aliphatic carbocycles. The molecule has 1 aromatic carbocycles. The van der Waals surface area contributed by atoms with Crippen LogP contribution in [0.3, 0.4) is 0 Å². The number of benzene rings is 1. The van der Waals surface area contributed by atoms with E-state index in [-0.39, 0.29) is 11.9 Å². The van der Waals surface area contributed by atoms with E-state index < -0.39 is 0 Å². The minimum atomic E-state index is -0.288. The molecule has 0 saturated carbocycles. The van der Waals surface area contributed by atoms with Crippen molar-refractivity contribution < 1.29 is 4.39 Å². The molecule has 2 rings (SSSR count). The van der Waals surface area contributed by atoms with E-state index in [1.807, 2.05) is 18.3 Å². The van der Waals surface area contributed by atoms with Crippen LogP contribution in [0.4, 0.5) is 4.39 Å². The van der Waals surface area contributed by atoms with Crippen molar-refractivity contribution in [3.8, 4) is 0 Å². The van der Waals surface area contributed by atoms with E-state index in [9.17, 15) is 4.39 Å². The standard InChI is InChI=1S/C15H16ClFN2/c16-13-5-4-12(15(17)9-13)8-14(18)6-3-11-2-1-7-19-10-11/h1-2,4-5,7,9-10,14H,3,6,8,18H2.